The van der Waals surface area contributed by atoms with E-state index in [-0.39, 0.29) is 5.91 Å². The first-order valence-electron chi connectivity index (χ1n) is 7.17. The van der Waals surface area contributed by atoms with Gasteiger partial charge in [-0.25, -0.2) is 8.42 Å². The van der Waals surface area contributed by atoms with Crippen molar-refractivity contribution in [2.24, 2.45) is 0 Å². The number of nitrogens with one attached hydrogen (secondary N) is 2. The Hall–Kier alpha value is -2.34. The van der Waals surface area contributed by atoms with E-state index in [0.29, 0.717) is 23.4 Å². The zero-order valence-electron chi connectivity index (χ0n) is 13.4. The molecule has 0 saturated carbocycles. The second kappa shape index (κ2) is 6.83. The number of benzene rings is 2. The molecule has 0 aliphatic carbocycles. The van der Waals surface area contributed by atoms with E-state index in [1.54, 1.807) is 25.1 Å². The van der Waals surface area contributed by atoms with Crippen LogP contribution in [0.4, 0.5) is 5.69 Å². The van der Waals surface area contributed by atoms with Crippen molar-refractivity contribution >= 4 is 21.6 Å². The van der Waals surface area contributed by atoms with Crippen LogP contribution in [-0.2, 0) is 16.6 Å². The predicted octanol–water partition coefficient (Wildman–Crippen LogP) is 2.60. The van der Waals surface area contributed by atoms with Crippen LogP contribution in [0.2, 0.25) is 0 Å². The lowest BCUT2D eigenvalue weighted by atomic mass is 10.1. The molecule has 0 atom stereocenters. The maximum Gasteiger partial charge on any atom is 0.251 e. The molecule has 2 rings (SSSR count). The minimum atomic E-state index is -3.33. The molecule has 0 radical (unpaired) electrons. The Bertz CT molecular complexity index is 829. The molecular weight excluding hydrogens is 312 g/mol. The minimum absolute atomic E-state index is 0.192. The topological polar surface area (TPSA) is 75.3 Å². The quantitative estimate of drug-likeness (QED) is 0.884. The van der Waals surface area contributed by atoms with Crippen LogP contribution in [0.3, 0.4) is 0 Å². The first-order chi connectivity index (χ1) is 10.8. The molecular formula is C17H20N2O3S. The molecule has 1 amide bonds. The SMILES string of the molecule is Cc1ccccc1CNC(=O)c1ccc(NS(C)(=O)=O)c(C)c1. The number of carbonyl (C=O) groups is 1. The summed E-state index contributed by atoms with van der Waals surface area (Å²) in [6.07, 6.45) is 1.09. The van der Waals surface area contributed by atoms with Gasteiger partial charge in [0, 0.05) is 12.1 Å². The van der Waals surface area contributed by atoms with Gasteiger partial charge in [0.25, 0.3) is 5.91 Å². The van der Waals surface area contributed by atoms with Crippen LogP contribution in [-0.4, -0.2) is 20.6 Å². The molecule has 0 aliphatic heterocycles. The molecule has 5 nitrogen and oxygen atoms in total. The molecule has 122 valence electrons. The standard InChI is InChI=1S/C17H20N2O3S/c1-12-6-4-5-7-15(12)11-18-17(20)14-8-9-16(13(2)10-14)19-23(3,21)22/h4-10,19H,11H2,1-3H3,(H,18,20). The average Bonchev–Trinajstić information content (AvgIpc) is 2.47. The van der Waals surface area contributed by atoms with Gasteiger partial charge in [0.1, 0.15) is 0 Å². The highest BCUT2D eigenvalue weighted by Crippen LogP contribution is 2.17. The van der Waals surface area contributed by atoms with E-state index < -0.39 is 10.0 Å². The summed E-state index contributed by atoms with van der Waals surface area (Å²) < 4.78 is 25.0. The van der Waals surface area contributed by atoms with E-state index in [4.69, 9.17) is 0 Å². The van der Waals surface area contributed by atoms with Gasteiger partial charge >= 0.3 is 0 Å². The Morgan fingerprint density at radius 3 is 2.35 bits per heavy atom. The van der Waals surface area contributed by atoms with E-state index in [1.807, 2.05) is 31.2 Å². The Morgan fingerprint density at radius 2 is 1.74 bits per heavy atom. The second-order valence-corrected chi connectivity index (χ2v) is 7.26. The average molecular weight is 332 g/mol. The van der Waals surface area contributed by atoms with Crippen molar-refractivity contribution in [3.63, 3.8) is 0 Å². The normalized spacial score (nSPS) is 11.1. The summed E-state index contributed by atoms with van der Waals surface area (Å²) in [7, 11) is -3.33. The van der Waals surface area contributed by atoms with Gasteiger partial charge in [0.05, 0.1) is 11.9 Å². The van der Waals surface area contributed by atoms with Gasteiger partial charge in [-0.2, -0.15) is 0 Å². The summed E-state index contributed by atoms with van der Waals surface area (Å²) in [5, 5.41) is 2.87. The molecule has 0 aliphatic rings. The predicted molar refractivity (Wildman–Crippen MR) is 92.0 cm³/mol. The van der Waals surface area contributed by atoms with Gasteiger partial charge in [-0.15, -0.1) is 0 Å². The molecule has 2 aromatic rings. The van der Waals surface area contributed by atoms with E-state index in [2.05, 4.69) is 10.0 Å². The summed E-state index contributed by atoms with van der Waals surface area (Å²) in [5.74, 6) is -0.192. The van der Waals surface area contributed by atoms with Gasteiger partial charge in [0.15, 0.2) is 0 Å². The number of carbonyl (C=O) groups excluding carboxylic acids is 1. The zero-order chi connectivity index (χ0) is 17.0. The van der Waals surface area contributed by atoms with Gasteiger partial charge in [-0.1, -0.05) is 24.3 Å². The van der Waals surface area contributed by atoms with Gasteiger partial charge in [-0.3, -0.25) is 9.52 Å². The third kappa shape index (κ3) is 4.82. The lowest BCUT2D eigenvalue weighted by molar-refractivity contribution is 0.0951. The first kappa shape index (κ1) is 17.0. The lowest BCUT2D eigenvalue weighted by Gasteiger charge is -2.11. The monoisotopic (exact) mass is 332 g/mol. The number of aryl methyl sites for hydroxylation is 2. The molecule has 0 spiro atoms. The van der Waals surface area contributed by atoms with Crippen molar-refractivity contribution in [3.8, 4) is 0 Å². The number of amides is 1. The fourth-order valence-corrected chi connectivity index (χ4v) is 2.83. The molecule has 23 heavy (non-hydrogen) atoms. The van der Waals surface area contributed by atoms with E-state index in [9.17, 15) is 13.2 Å². The number of hydrogen-bond acceptors (Lipinski definition) is 3. The third-order valence-electron chi connectivity index (χ3n) is 3.48. The van der Waals surface area contributed by atoms with Crippen LogP contribution in [0.25, 0.3) is 0 Å². The Balaban J connectivity index is 2.08. The van der Waals surface area contributed by atoms with Crippen molar-refractivity contribution in [2.45, 2.75) is 20.4 Å². The van der Waals surface area contributed by atoms with Crippen LogP contribution < -0.4 is 10.0 Å². The lowest BCUT2D eigenvalue weighted by Crippen LogP contribution is -2.23. The van der Waals surface area contributed by atoms with E-state index in [0.717, 1.165) is 17.4 Å². The number of anilines is 1. The largest absolute Gasteiger partial charge is 0.348 e. The van der Waals surface area contributed by atoms with Crippen molar-refractivity contribution < 1.29 is 13.2 Å². The summed E-state index contributed by atoms with van der Waals surface area (Å²) >= 11 is 0. The number of hydrogen-bond donors (Lipinski definition) is 2. The molecule has 0 fully saturated rings. The van der Waals surface area contributed by atoms with Crippen molar-refractivity contribution in [1.29, 1.82) is 0 Å². The zero-order valence-corrected chi connectivity index (χ0v) is 14.2. The molecule has 0 aromatic heterocycles. The fraction of sp³-hybridized carbons (Fsp3) is 0.235. The summed E-state index contributed by atoms with van der Waals surface area (Å²) in [6, 6.07) is 12.7. The molecule has 6 heteroatoms. The molecule has 0 saturated heterocycles. The summed E-state index contributed by atoms with van der Waals surface area (Å²) in [6.45, 7) is 4.21. The molecule has 2 N–H and O–H groups in total. The summed E-state index contributed by atoms with van der Waals surface area (Å²) in [4.78, 5) is 12.2. The van der Waals surface area contributed by atoms with Crippen molar-refractivity contribution in [2.75, 3.05) is 11.0 Å². The molecule has 0 bridgehead atoms. The second-order valence-electron chi connectivity index (χ2n) is 5.51. The van der Waals surface area contributed by atoms with E-state index in [1.165, 1.54) is 0 Å². The summed E-state index contributed by atoms with van der Waals surface area (Å²) in [5.41, 5.74) is 3.85. The van der Waals surface area contributed by atoms with Crippen LogP contribution >= 0.6 is 0 Å². The molecule has 0 unspecified atom stereocenters. The van der Waals surface area contributed by atoms with Crippen LogP contribution in [0, 0.1) is 13.8 Å². The maximum atomic E-state index is 12.2. The highest BCUT2D eigenvalue weighted by atomic mass is 32.2. The Morgan fingerprint density at radius 1 is 1.04 bits per heavy atom. The Labute approximate surface area is 136 Å². The maximum absolute atomic E-state index is 12.2. The Kier molecular flexibility index (Phi) is 5.05. The first-order valence-corrected chi connectivity index (χ1v) is 9.06. The van der Waals surface area contributed by atoms with Gasteiger partial charge < -0.3 is 5.32 Å². The van der Waals surface area contributed by atoms with E-state index >= 15 is 0 Å². The third-order valence-corrected chi connectivity index (χ3v) is 4.08. The van der Waals surface area contributed by atoms with Crippen LogP contribution in [0.1, 0.15) is 27.0 Å². The number of sulfonamides is 1. The number of rotatable bonds is 5. The molecule has 2 aromatic carbocycles. The van der Waals surface area contributed by atoms with Crippen LogP contribution in [0.15, 0.2) is 42.5 Å². The fourth-order valence-electron chi connectivity index (χ4n) is 2.21. The van der Waals surface area contributed by atoms with Crippen molar-refractivity contribution in [3.05, 3.63) is 64.7 Å². The highest BCUT2D eigenvalue weighted by molar-refractivity contribution is 7.92. The molecule has 0 heterocycles. The van der Waals surface area contributed by atoms with Crippen LogP contribution in [0.5, 0.6) is 0 Å². The van der Waals surface area contributed by atoms with Gasteiger partial charge in [0.2, 0.25) is 10.0 Å². The minimum Gasteiger partial charge on any atom is -0.348 e. The highest BCUT2D eigenvalue weighted by Gasteiger charge is 2.10. The smallest absolute Gasteiger partial charge is 0.251 e. The van der Waals surface area contributed by atoms with Gasteiger partial charge in [-0.05, 0) is 48.7 Å². The van der Waals surface area contributed by atoms with Crippen molar-refractivity contribution in [1.82, 2.24) is 5.32 Å².